The number of nitrogens with zero attached hydrogens (tertiary/aromatic N) is 1. The number of carbonyl (C=O) groups excluding carboxylic acids is 1. The van der Waals surface area contributed by atoms with Crippen molar-refractivity contribution in [3.8, 4) is 0 Å². The number of primary amides is 1. The Kier molecular flexibility index (Phi) is 2.97. The van der Waals surface area contributed by atoms with Gasteiger partial charge in [-0.2, -0.15) is 0 Å². The lowest BCUT2D eigenvalue weighted by atomic mass is 10.1. The zero-order valence-electron chi connectivity index (χ0n) is 7.53. The average molecular weight is 179 g/mol. The first-order chi connectivity index (χ1) is 6.15. The van der Waals surface area contributed by atoms with Gasteiger partial charge in [-0.15, -0.1) is 0 Å². The number of hydrogen-bond donors (Lipinski definition) is 2. The molecule has 0 saturated carbocycles. The van der Waals surface area contributed by atoms with E-state index in [0.717, 1.165) is 12.0 Å². The third kappa shape index (κ3) is 2.26. The molecule has 4 nitrogen and oxygen atoms in total. The predicted octanol–water partition coefficient (Wildman–Crippen LogP) is 0.590. The first kappa shape index (κ1) is 9.67. The highest BCUT2D eigenvalue weighted by atomic mass is 16.1. The number of hydrogen-bond acceptors (Lipinski definition) is 3. The Morgan fingerprint density at radius 2 is 2.31 bits per heavy atom. The van der Waals surface area contributed by atoms with Crippen LogP contribution in [0.5, 0.6) is 0 Å². The third-order valence-corrected chi connectivity index (χ3v) is 1.91. The highest BCUT2D eigenvalue weighted by molar-refractivity contribution is 5.92. The van der Waals surface area contributed by atoms with Crippen LogP contribution in [0.15, 0.2) is 18.5 Å². The Balaban J connectivity index is 2.98. The van der Waals surface area contributed by atoms with Gasteiger partial charge < -0.3 is 11.5 Å². The van der Waals surface area contributed by atoms with E-state index in [-0.39, 0.29) is 6.04 Å². The van der Waals surface area contributed by atoms with E-state index in [0.29, 0.717) is 5.56 Å². The van der Waals surface area contributed by atoms with E-state index in [1.807, 2.05) is 6.92 Å². The molecule has 70 valence electrons. The molecule has 0 bridgehead atoms. The standard InChI is InChI=1S/C9H13N3O/c1-2-8(10)6-3-7(9(11)13)5-12-4-6/h3-5,8H,2,10H2,1H3,(H2,11,13)/t8-/m1/s1. The van der Waals surface area contributed by atoms with Crippen LogP contribution >= 0.6 is 0 Å². The highest BCUT2D eigenvalue weighted by Gasteiger charge is 2.06. The monoisotopic (exact) mass is 179 g/mol. The molecule has 13 heavy (non-hydrogen) atoms. The van der Waals surface area contributed by atoms with E-state index in [4.69, 9.17) is 11.5 Å². The summed E-state index contributed by atoms with van der Waals surface area (Å²) in [6.45, 7) is 1.97. The summed E-state index contributed by atoms with van der Waals surface area (Å²) in [5, 5.41) is 0. The van der Waals surface area contributed by atoms with Crippen molar-refractivity contribution in [2.24, 2.45) is 11.5 Å². The number of pyridine rings is 1. The summed E-state index contributed by atoms with van der Waals surface area (Å²) in [5.41, 5.74) is 12.1. The average Bonchev–Trinajstić information content (AvgIpc) is 2.17. The van der Waals surface area contributed by atoms with Gasteiger partial charge in [0.1, 0.15) is 0 Å². The molecule has 1 amide bonds. The van der Waals surface area contributed by atoms with Crippen LogP contribution in [0.4, 0.5) is 0 Å². The van der Waals surface area contributed by atoms with Crippen molar-refractivity contribution in [3.63, 3.8) is 0 Å². The van der Waals surface area contributed by atoms with E-state index in [1.165, 1.54) is 6.20 Å². The molecule has 1 atom stereocenters. The second-order valence-corrected chi connectivity index (χ2v) is 2.89. The van der Waals surface area contributed by atoms with Crippen molar-refractivity contribution in [2.75, 3.05) is 0 Å². The Hall–Kier alpha value is -1.42. The zero-order valence-corrected chi connectivity index (χ0v) is 7.53. The van der Waals surface area contributed by atoms with E-state index >= 15 is 0 Å². The van der Waals surface area contributed by atoms with Gasteiger partial charge in [0.25, 0.3) is 0 Å². The molecule has 4 heteroatoms. The molecule has 0 radical (unpaired) electrons. The van der Waals surface area contributed by atoms with Gasteiger partial charge in [-0.25, -0.2) is 0 Å². The van der Waals surface area contributed by atoms with Crippen molar-refractivity contribution >= 4 is 5.91 Å². The zero-order chi connectivity index (χ0) is 9.84. The number of nitrogens with two attached hydrogens (primary N) is 2. The van der Waals surface area contributed by atoms with Gasteiger partial charge in [-0.1, -0.05) is 6.92 Å². The lowest BCUT2D eigenvalue weighted by molar-refractivity contribution is 0.1000. The van der Waals surface area contributed by atoms with Crippen molar-refractivity contribution in [3.05, 3.63) is 29.6 Å². The van der Waals surface area contributed by atoms with Gasteiger partial charge in [-0.05, 0) is 18.1 Å². The van der Waals surface area contributed by atoms with Crippen LogP contribution in [0.3, 0.4) is 0 Å². The Labute approximate surface area is 77.0 Å². The minimum Gasteiger partial charge on any atom is -0.366 e. The molecule has 0 aliphatic heterocycles. The van der Waals surface area contributed by atoms with Crippen molar-refractivity contribution in [1.29, 1.82) is 0 Å². The van der Waals surface area contributed by atoms with Crippen LogP contribution in [-0.2, 0) is 0 Å². The van der Waals surface area contributed by atoms with E-state index in [2.05, 4.69) is 4.98 Å². The molecule has 1 aromatic heterocycles. The predicted molar refractivity (Wildman–Crippen MR) is 50.0 cm³/mol. The Morgan fingerprint density at radius 1 is 1.62 bits per heavy atom. The van der Waals surface area contributed by atoms with Gasteiger partial charge in [0.15, 0.2) is 0 Å². The number of aromatic nitrogens is 1. The summed E-state index contributed by atoms with van der Waals surface area (Å²) >= 11 is 0. The molecule has 0 saturated heterocycles. The first-order valence-electron chi connectivity index (χ1n) is 4.15. The molecule has 1 rings (SSSR count). The summed E-state index contributed by atoms with van der Waals surface area (Å²) in [6, 6.07) is 1.61. The molecule has 0 aliphatic carbocycles. The van der Waals surface area contributed by atoms with Crippen LogP contribution in [-0.4, -0.2) is 10.9 Å². The molecular formula is C9H13N3O. The van der Waals surface area contributed by atoms with Crippen LogP contribution in [0.25, 0.3) is 0 Å². The fraction of sp³-hybridized carbons (Fsp3) is 0.333. The molecule has 4 N–H and O–H groups in total. The van der Waals surface area contributed by atoms with Crippen molar-refractivity contribution in [2.45, 2.75) is 19.4 Å². The molecular weight excluding hydrogens is 166 g/mol. The number of amides is 1. The Morgan fingerprint density at radius 3 is 2.85 bits per heavy atom. The summed E-state index contributed by atoms with van der Waals surface area (Å²) in [4.78, 5) is 14.7. The lowest BCUT2D eigenvalue weighted by Crippen LogP contribution is -2.14. The lowest BCUT2D eigenvalue weighted by Gasteiger charge is -2.08. The largest absolute Gasteiger partial charge is 0.366 e. The van der Waals surface area contributed by atoms with Gasteiger partial charge in [0.05, 0.1) is 5.56 Å². The summed E-state index contributed by atoms with van der Waals surface area (Å²) in [5.74, 6) is -0.474. The summed E-state index contributed by atoms with van der Waals surface area (Å²) in [7, 11) is 0. The van der Waals surface area contributed by atoms with Gasteiger partial charge in [-0.3, -0.25) is 9.78 Å². The summed E-state index contributed by atoms with van der Waals surface area (Å²) < 4.78 is 0. The second kappa shape index (κ2) is 4.00. The van der Waals surface area contributed by atoms with Gasteiger partial charge in [0, 0.05) is 18.4 Å². The maximum absolute atomic E-state index is 10.8. The smallest absolute Gasteiger partial charge is 0.250 e. The highest BCUT2D eigenvalue weighted by Crippen LogP contribution is 2.13. The molecule has 0 aliphatic rings. The third-order valence-electron chi connectivity index (χ3n) is 1.91. The van der Waals surface area contributed by atoms with E-state index in [1.54, 1.807) is 12.3 Å². The van der Waals surface area contributed by atoms with E-state index < -0.39 is 5.91 Å². The topological polar surface area (TPSA) is 82.0 Å². The SMILES string of the molecule is CC[C@@H](N)c1cncc(C(N)=O)c1. The number of rotatable bonds is 3. The molecule has 1 heterocycles. The van der Waals surface area contributed by atoms with Gasteiger partial charge >= 0.3 is 0 Å². The molecule has 0 aromatic carbocycles. The maximum Gasteiger partial charge on any atom is 0.250 e. The fourth-order valence-electron chi connectivity index (χ4n) is 1.03. The fourth-order valence-corrected chi connectivity index (χ4v) is 1.03. The molecule has 0 spiro atoms. The molecule has 0 fully saturated rings. The maximum atomic E-state index is 10.8. The van der Waals surface area contributed by atoms with Crippen LogP contribution in [0.2, 0.25) is 0 Å². The summed E-state index contributed by atoms with van der Waals surface area (Å²) in [6.07, 6.45) is 3.90. The minimum atomic E-state index is -0.474. The van der Waals surface area contributed by atoms with Crippen LogP contribution < -0.4 is 11.5 Å². The molecule has 1 aromatic rings. The minimum absolute atomic E-state index is 0.0770. The van der Waals surface area contributed by atoms with Crippen molar-refractivity contribution in [1.82, 2.24) is 4.98 Å². The Bertz CT molecular complexity index is 311. The van der Waals surface area contributed by atoms with E-state index in [9.17, 15) is 4.79 Å². The van der Waals surface area contributed by atoms with Crippen LogP contribution in [0.1, 0.15) is 35.3 Å². The van der Waals surface area contributed by atoms with Crippen molar-refractivity contribution < 1.29 is 4.79 Å². The normalized spacial score (nSPS) is 12.5. The first-order valence-corrected chi connectivity index (χ1v) is 4.15. The quantitative estimate of drug-likeness (QED) is 0.712. The molecule has 0 unspecified atom stereocenters. The van der Waals surface area contributed by atoms with Crippen LogP contribution in [0, 0.1) is 0 Å². The second-order valence-electron chi connectivity index (χ2n) is 2.89. The number of carbonyl (C=O) groups is 1. The van der Waals surface area contributed by atoms with Gasteiger partial charge in [0.2, 0.25) is 5.91 Å².